The highest BCUT2D eigenvalue weighted by atomic mass is 19.1. The van der Waals surface area contributed by atoms with Gasteiger partial charge in [-0.05, 0) is 49.9 Å². The van der Waals surface area contributed by atoms with Gasteiger partial charge < -0.3 is 5.73 Å². The summed E-state index contributed by atoms with van der Waals surface area (Å²) >= 11 is 0. The van der Waals surface area contributed by atoms with Crippen molar-refractivity contribution in [2.24, 2.45) is 5.92 Å². The molecule has 0 saturated carbocycles. The van der Waals surface area contributed by atoms with Gasteiger partial charge in [0.15, 0.2) is 5.78 Å². The maximum absolute atomic E-state index is 13.3. The maximum atomic E-state index is 13.3. The van der Waals surface area contributed by atoms with Crippen LogP contribution < -0.4 is 17.0 Å². The van der Waals surface area contributed by atoms with Gasteiger partial charge in [-0.1, -0.05) is 38.8 Å². The average molecular weight is 445 g/mol. The largest absolute Gasteiger partial charge is 0.384 e. The molecule has 7 nitrogen and oxygen atoms in total. The third-order valence-electron chi connectivity index (χ3n) is 6.63. The van der Waals surface area contributed by atoms with E-state index in [1.807, 2.05) is 0 Å². The molecule has 2 atom stereocenters. The molecule has 8 heteroatoms. The molecule has 0 bridgehead atoms. The van der Waals surface area contributed by atoms with Crippen molar-refractivity contribution in [2.75, 3.05) is 18.8 Å². The van der Waals surface area contributed by atoms with E-state index in [4.69, 9.17) is 5.73 Å². The average Bonchev–Trinajstić information content (AvgIpc) is 2.78. The van der Waals surface area contributed by atoms with Crippen molar-refractivity contribution in [2.45, 2.75) is 65.6 Å². The minimum atomic E-state index is -0.646. The summed E-state index contributed by atoms with van der Waals surface area (Å²) < 4.78 is 15.5. The highest BCUT2D eigenvalue weighted by molar-refractivity contribution is 6.01. The Morgan fingerprint density at radius 3 is 2.47 bits per heavy atom. The van der Waals surface area contributed by atoms with Gasteiger partial charge in [0, 0.05) is 12.6 Å². The first-order valence-corrected chi connectivity index (χ1v) is 11.4. The summed E-state index contributed by atoms with van der Waals surface area (Å²) in [6, 6.07) is 5.98. The zero-order chi connectivity index (χ0) is 23.4. The topological polar surface area (TPSA) is 90.3 Å². The molecule has 2 N–H and O–H groups in total. The molecule has 2 heterocycles. The zero-order valence-electron chi connectivity index (χ0n) is 19.1. The molecule has 0 radical (unpaired) electrons. The van der Waals surface area contributed by atoms with E-state index >= 15 is 0 Å². The molecule has 1 aliphatic rings. The van der Waals surface area contributed by atoms with E-state index in [1.54, 1.807) is 19.1 Å². The number of hydrogen-bond acceptors (Lipinski definition) is 5. The Morgan fingerprint density at radius 1 is 1.16 bits per heavy atom. The number of Topliss-reactive ketones (excluding diaryl/α,β-unsaturated/α-hetero) is 1. The number of ketones is 1. The number of nitrogen functional groups attached to an aromatic ring is 1. The molecule has 0 amide bonds. The summed E-state index contributed by atoms with van der Waals surface area (Å²) in [6.45, 7) is 7.09. The van der Waals surface area contributed by atoms with Crippen molar-refractivity contribution in [3.63, 3.8) is 0 Å². The fourth-order valence-corrected chi connectivity index (χ4v) is 4.57. The van der Waals surface area contributed by atoms with Gasteiger partial charge >= 0.3 is 5.69 Å². The maximum Gasteiger partial charge on any atom is 0.332 e. The van der Waals surface area contributed by atoms with Crippen LogP contribution in [0.5, 0.6) is 0 Å². The Bertz CT molecular complexity index is 1070. The summed E-state index contributed by atoms with van der Waals surface area (Å²) in [5.74, 6) is -0.435. The second-order valence-electron chi connectivity index (χ2n) is 8.65. The highest BCUT2D eigenvalue weighted by Gasteiger charge is 2.30. The van der Waals surface area contributed by atoms with Crippen LogP contribution in [0.3, 0.4) is 0 Å². The van der Waals surface area contributed by atoms with Crippen molar-refractivity contribution in [3.05, 3.63) is 62.0 Å². The Hall–Kier alpha value is -2.74. The van der Waals surface area contributed by atoms with E-state index in [9.17, 15) is 18.8 Å². The van der Waals surface area contributed by atoms with Crippen molar-refractivity contribution < 1.29 is 9.18 Å². The number of carbonyl (C=O) groups excluding carboxylic acids is 1. The van der Waals surface area contributed by atoms with Gasteiger partial charge in [-0.25, -0.2) is 9.18 Å². The van der Waals surface area contributed by atoms with E-state index in [1.165, 1.54) is 16.7 Å². The van der Waals surface area contributed by atoms with E-state index in [0.29, 0.717) is 11.5 Å². The standard InChI is InChI=1S/C24H33FN4O3/c1-4-16(3)19-8-6-7-13-27(19)15-20(30)21-22(26)29(24(32)28(5-2)23(21)31)14-17-9-11-18(25)12-10-17/h9-12,16,19H,4-8,13-15,26H2,1-3H3. The summed E-state index contributed by atoms with van der Waals surface area (Å²) in [5.41, 5.74) is 5.53. The van der Waals surface area contributed by atoms with Crippen LogP contribution in [0.1, 0.15) is 62.4 Å². The lowest BCUT2D eigenvalue weighted by atomic mass is 9.89. The summed E-state index contributed by atoms with van der Waals surface area (Å²) in [5, 5.41) is 0. The number of benzene rings is 1. The molecule has 1 fully saturated rings. The third kappa shape index (κ3) is 4.85. The second-order valence-corrected chi connectivity index (χ2v) is 8.65. The predicted octanol–water partition coefficient (Wildman–Crippen LogP) is 2.88. The van der Waals surface area contributed by atoms with Crippen LogP contribution in [-0.2, 0) is 13.1 Å². The first kappa shape index (κ1) is 23.9. The fraction of sp³-hybridized carbons (Fsp3) is 0.542. The van der Waals surface area contributed by atoms with Gasteiger partial charge in [0.2, 0.25) is 0 Å². The Kier molecular flexibility index (Phi) is 7.66. The van der Waals surface area contributed by atoms with Crippen LogP contribution in [-0.4, -0.2) is 38.9 Å². The quantitative estimate of drug-likeness (QED) is 0.633. The Morgan fingerprint density at radius 2 is 1.84 bits per heavy atom. The third-order valence-corrected chi connectivity index (χ3v) is 6.63. The van der Waals surface area contributed by atoms with Crippen LogP contribution in [0.15, 0.2) is 33.9 Å². The van der Waals surface area contributed by atoms with E-state index in [2.05, 4.69) is 18.7 Å². The van der Waals surface area contributed by atoms with Crippen molar-refractivity contribution in [3.8, 4) is 0 Å². The van der Waals surface area contributed by atoms with Gasteiger partial charge in [0.25, 0.3) is 5.56 Å². The SMILES string of the molecule is CCC(C)C1CCCCN1CC(=O)c1c(N)n(Cc2ccc(F)cc2)c(=O)n(CC)c1=O. The minimum absolute atomic E-state index is 0.0463. The molecule has 1 aromatic heterocycles. The van der Waals surface area contributed by atoms with Crippen LogP contribution in [0, 0.1) is 11.7 Å². The number of nitrogens with zero attached hydrogens (tertiary/aromatic N) is 3. The Balaban J connectivity index is 1.99. The normalized spacial score (nSPS) is 17.9. The molecule has 1 saturated heterocycles. The van der Waals surface area contributed by atoms with Gasteiger partial charge in [0.05, 0.1) is 13.1 Å². The van der Waals surface area contributed by atoms with Crippen LogP contribution in [0.25, 0.3) is 0 Å². The van der Waals surface area contributed by atoms with Gasteiger partial charge in [-0.15, -0.1) is 0 Å². The number of hydrogen-bond donors (Lipinski definition) is 1. The lowest BCUT2D eigenvalue weighted by Gasteiger charge is -2.38. The van der Waals surface area contributed by atoms with Crippen LogP contribution in [0.4, 0.5) is 10.2 Å². The summed E-state index contributed by atoms with van der Waals surface area (Å²) in [7, 11) is 0. The van der Waals surface area contributed by atoms with Crippen LogP contribution >= 0.6 is 0 Å². The number of likely N-dealkylation sites (tertiary alicyclic amines) is 1. The molecular weight excluding hydrogens is 411 g/mol. The van der Waals surface area contributed by atoms with E-state index < -0.39 is 11.2 Å². The summed E-state index contributed by atoms with van der Waals surface area (Å²) in [4.78, 5) is 41.4. The lowest BCUT2D eigenvalue weighted by molar-refractivity contribution is 0.0747. The van der Waals surface area contributed by atoms with Crippen molar-refractivity contribution in [1.82, 2.24) is 14.0 Å². The first-order chi connectivity index (χ1) is 15.3. The molecule has 3 rings (SSSR count). The smallest absolute Gasteiger partial charge is 0.332 e. The number of carbonyl (C=O) groups is 1. The summed E-state index contributed by atoms with van der Waals surface area (Å²) in [6.07, 6.45) is 4.19. The van der Waals surface area contributed by atoms with Gasteiger partial charge in [-0.2, -0.15) is 0 Å². The molecule has 0 spiro atoms. The fourth-order valence-electron chi connectivity index (χ4n) is 4.57. The molecule has 0 aliphatic carbocycles. The molecule has 2 unspecified atom stereocenters. The van der Waals surface area contributed by atoms with Crippen molar-refractivity contribution >= 4 is 11.6 Å². The molecule has 1 aromatic carbocycles. The molecular formula is C24H33FN4O3. The number of anilines is 1. The Labute approximate surface area is 187 Å². The first-order valence-electron chi connectivity index (χ1n) is 11.4. The number of halogens is 1. The van der Waals surface area contributed by atoms with E-state index in [-0.39, 0.29) is 48.7 Å². The highest BCUT2D eigenvalue weighted by Crippen LogP contribution is 2.25. The predicted molar refractivity (Wildman–Crippen MR) is 124 cm³/mol. The number of nitrogens with two attached hydrogens (primary N) is 1. The van der Waals surface area contributed by atoms with E-state index in [0.717, 1.165) is 36.8 Å². The lowest BCUT2D eigenvalue weighted by Crippen LogP contribution is -2.48. The molecule has 1 aliphatic heterocycles. The second kappa shape index (κ2) is 10.3. The zero-order valence-corrected chi connectivity index (χ0v) is 19.1. The minimum Gasteiger partial charge on any atom is -0.384 e. The molecule has 174 valence electrons. The van der Waals surface area contributed by atoms with Gasteiger partial charge in [0.1, 0.15) is 17.2 Å². The number of piperidine rings is 1. The van der Waals surface area contributed by atoms with Crippen molar-refractivity contribution in [1.29, 1.82) is 0 Å². The van der Waals surface area contributed by atoms with Crippen LogP contribution in [0.2, 0.25) is 0 Å². The number of rotatable bonds is 8. The molecule has 32 heavy (non-hydrogen) atoms. The monoisotopic (exact) mass is 444 g/mol. The number of aromatic nitrogens is 2. The molecule has 2 aromatic rings. The van der Waals surface area contributed by atoms with Gasteiger partial charge in [-0.3, -0.25) is 23.6 Å².